The maximum Gasteiger partial charge on any atom is 0.312 e. The van der Waals surface area contributed by atoms with Crippen LogP contribution in [0.2, 0.25) is 0 Å². The highest BCUT2D eigenvalue weighted by Gasteiger charge is 2.50. The topological polar surface area (TPSA) is 131 Å². The number of likely N-dealkylation sites (tertiary alicyclic amines) is 1. The largest absolute Gasteiger partial charge is 0.483 e. The molecule has 0 aliphatic carbocycles. The summed E-state index contributed by atoms with van der Waals surface area (Å²) in [5.74, 6) is 0.408. The van der Waals surface area contributed by atoms with E-state index < -0.39 is 5.41 Å². The van der Waals surface area contributed by atoms with Gasteiger partial charge in [0.25, 0.3) is 12.4 Å². The van der Waals surface area contributed by atoms with Crippen LogP contribution >= 0.6 is 0 Å². The van der Waals surface area contributed by atoms with Gasteiger partial charge in [-0.2, -0.15) is 4.80 Å². The van der Waals surface area contributed by atoms with Crippen LogP contribution in [0.5, 0.6) is 0 Å². The molecule has 2 aromatic rings. The van der Waals surface area contributed by atoms with Gasteiger partial charge in [-0.3, -0.25) is 14.4 Å². The van der Waals surface area contributed by atoms with E-state index in [1.165, 1.54) is 4.80 Å². The van der Waals surface area contributed by atoms with Crippen LogP contribution in [0.3, 0.4) is 0 Å². The van der Waals surface area contributed by atoms with E-state index in [-0.39, 0.29) is 24.5 Å². The van der Waals surface area contributed by atoms with Crippen LogP contribution in [0.25, 0.3) is 11.4 Å². The highest BCUT2D eigenvalue weighted by Crippen LogP contribution is 2.43. The Morgan fingerprint density at radius 2 is 1.91 bits per heavy atom. The zero-order valence-corrected chi connectivity index (χ0v) is 18.5. The molecule has 4 rings (SSSR count). The molecular weight excluding hydrogens is 416 g/mol. The molecule has 1 aromatic carbocycles. The van der Waals surface area contributed by atoms with Crippen molar-refractivity contribution in [3.05, 3.63) is 29.8 Å². The lowest BCUT2D eigenvalue weighted by Gasteiger charge is -2.36. The van der Waals surface area contributed by atoms with Gasteiger partial charge in [-0.1, -0.05) is 12.1 Å². The number of likely N-dealkylation sites (N-methyl/N-ethyl adjacent to an activating group) is 1. The lowest BCUT2D eigenvalue weighted by Crippen LogP contribution is -2.45. The number of cyclic esters (lactones) is 1. The summed E-state index contributed by atoms with van der Waals surface area (Å²) in [6, 6.07) is 7.23. The summed E-state index contributed by atoms with van der Waals surface area (Å²) in [7, 11) is 5.66. The van der Waals surface area contributed by atoms with Gasteiger partial charge in [-0.15, -0.1) is 10.2 Å². The molecule has 2 aliphatic rings. The van der Waals surface area contributed by atoms with Gasteiger partial charge in [-0.05, 0) is 44.3 Å². The summed E-state index contributed by atoms with van der Waals surface area (Å²) in [6.45, 7) is 1.62. The van der Waals surface area contributed by atoms with Crippen molar-refractivity contribution in [2.24, 2.45) is 12.5 Å². The molecule has 32 heavy (non-hydrogen) atoms. The summed E-state index contributed by atoms with van der Waals surface area (Å²) < 4.78 is 5.60. The fourth-order valence-electron chi connectivity index (χ4n) is 4.24. The van der Waals surface area contributed by atoms with Crippen molar-refractivity contribution < 1.29 is 24.2 Å². The van der Waals surface area contributed by atoms with Crippen molar-refractivity contribution in [3.8, 4) is 11.4 Å². The first-order valence-corrected chi connectivity index (χ1v) is 10.4. The van der Waals surface area contributed by atoms with E-state index in [2.05, 4.69) is 15.4 Å². The normalized spacial score (nSPS) is 19.4. The first-order valence-electron chi connectivity index (χ1n) is 10.4. The molecule has 2 saturated heterocycles. The number of carbonyl (C=O) groups excluding carboxylic acids is 2. The Bertz CT molecular complexity index is 950. The van der Waals surface area contributed by atoms with Crippen LogP contribution in [0, 0.1) is 5.41 Å². The number of benzene rings is 1. The third-order valence-electron chi connectivity index (χ3n) is 5.80. The Hall–Kier alpha value is -3.34. The SMILES string of the molecule is CN(C)CC1CC2(CCN(C(=O)c3ccc(-c4nnn(C)n4)cc3)CC2)C(=O)O1.O=CO. The third-order valence-corrected chi connectivity index (χ3v) is 5.80. The molecule has 1 amide bonds. The molecule has 11 heteroatoms. The minimum atomic E-state index is -0.432. The van der Waals surface area contributed by atoms with Crippen molar-refractivity contribution in [2.45, 2.75) is 25.4 Å². The fourth-order valence-corrected chi connectivity index (χ4v) is 4.24. The number of carbonyl (C=O) groups is 3. The van der Waals surface area contributed by atoms with Crippen LogP contribution in [0.4, 0.5) is 0 Å². The molecule has 1 aromatic heterocycles. The zero-order valence-electron chi connectivity index (χ0n) is 18.5. The number of hydrogen-bond acceptors (Lipinski definition) is 8. The minimum Gasteiger partial charge on any atom is -0.483 e. The number of carboxylic acid groups (broad SMARTS) is 1. The van der Waals surface area contributed by atoms with Gasteiger partial charge in [0.15, 0.2) is 0 Å². The monoisotopic (exact) mass is 444 g/mol. The predicted octanol–water partition coefficient (Wildman–Crippen LogP) is 0.677. The number of amides is 1. The van der Waals surface area contributed by atoms with Crippen molar-refractivity contribution in [2.75, 3.05) is 33.7 Å². The summed E-state index contributed by atoms with van der Waals surface area (Å²) in [4.78, 5) is 39.0. The van der Waals surface area contributed by atoms with Crippen molar-refractivity contribution in [1.82, 2.24) is 30.0 Å². The van der Waals surface area contributed by atoms with Crippen molar-refractivity contribution in [3.63, 3.8) is 0 Å². The number of aryl methyl sites for hydroxylation is 1. The Kier molecular flexibility index (Phi) is 7.18. The highest BCUT2D eigenvalue weighted by atomic mass is 16.6. The lowest BCUT2D eigenvalue weighted by molar-refractivity contribution is -0.150. The van der Waals surface area contributed by atoms with Gasteiger partial charge in [0.2, 0.25) is 5.82 Å². The van der Waals surface area contributed by atoms with Crippen LogP contribution < -0.4 is 0 Å². The van der Waals surface area contributed by atoms with Gasteiger partial charge in [0.1, 0.15) is 6.10 Å². The van der Waals surface area contributed by atoms with Crippen LogP contribution in [0.15, 0.2) is 24.3 Å². The summed E-state index contributed by atoms with van der Waals surface area (Å²) in [6.07, 6.45) is 2.00. The smallest absolute Gasteiger partial charge is 0.312 e. The Morgan fingerprint density at radius 3 is 2.44 bits per heavy atom. The molecule has 2 aliphatic heterocycles. The first kappa shape index (κ1) is 23.3. The highest BCUT2D eigenvalue weighted by molar-refractivity contribution is 5.95. The minimum absolute atomic E-state index is 0.0188. The number of esters is 1. The van der Waals surface area contributed by atoms with E-state index in [4.69, 9.17) is 14.6 Å². The maximum atomic E-state index is 12.9. The van der Waals surface area contributed by atoms with E-state index >= 15 is 0 Å². The number of piperidine rings is 1. The number of tetrazole rings is 1. The molecule has 0 bridgehead atoms. The molecule has 172 valence electrons. The average Bonchev–Trinajstić information content (AvgIpc) is 3.32. The van der Waals surface area contributed by atoms with Gasteiger partial charge in [-0.25, -0.2) is 0 Å². The molecule has 11 nitrogen and oxygen atoms in total. The molecule has 0 saturated carbocycles. The molecule has 2 fully saturated rings. The lowest BCUT2D eigenvalue weighted by atomic mass is 9.76. The number of aromatic nitrogens is 4. The Labute approximate surface area is 185 Å². The van der Waals surface area contributed by atoms with Crippen LogP contribution in [-0.4, -0.2) is 93.3 Å². The molecule has 0 radical (unpaired) electrons. The van der Waals surface area contributed by atoms with E-state index in [9.17, 15) is 9.59 Å². The molecule has 3 heterocycles. The second-order valence-corrected chi connectivity index (χ2v) is 8.35. The molecule has 1 spiro atoms. The van der Waals surface area contributed by atoms with Gasteiger partial charge < -0.3 is 19.6 Å². The van der Waals surface area contributed by atoms with E-state index in [1.54, 1.807) is 19.2 Å². The van der Waals surface area contributed by atoms with Crippen molar-refractivity contribution in [1.29, 1.82) is 0 Å². The Balaban J connectivity index is 0.000000913. The number of ether oxygens (including phenoxy) is 1. The van der Waals surface area contributed by atoms with E-state index in [1.807, 2.05) is 36.0 Å². The van der Waals surface area contributed by atoms with Crippen LogP contribution in [-0.2, 0) is 21.4 Å². The fraction of sp³-hybridized carbons (Fsp3) is 0.524. The third kappa shape index (κ3) is 5.10. The van der Waals surface area contributed by atoms with Gasteiger partial charge in [0, 0.05) is 37.2 Å². The zero-order chi connectivity index (χ0) is 23.3. The standard InChI is InChI=1S/C20H26N6O3.CH2O2/c1-24(2)13-16-12-20(19(28)29-16)8-10-26(11-9-20)18(27)15-6-4-14(5-7-15)17-21-23-25(3)22-17;2-1-3/h4-7,16H,8-13H2,1-3H3;1H,(H,2,3). The molecular formula is C21H28N6O5. The summed E-state index contributed by atoms with van der Waals surface area (Å²) >= 11 is 0. The first-order chi connectivity index (χ1) is 15.3. The van der Waals surface area contributed by atoms with E-state index in [0.717, 1.165) is 18.5 Å². The van der Waals surface area contributed by atoms with Crippen LogP contribution in [0.1, 0.15) is 29.6 Å². The summed E-state index contributed by atoms with van der Waals surface area (Å²) in [5.41, 5.74) is 1.000. The van der Waals surface area contributed by atoms with E-state index in [0.29, 0.717) is 37.3 Å². The number of hydrogen-bond donors (Lipinski definition) is 1. The second-order valence-electron chi connectivity index (χ2n) is 8.35. The maximum absolute atomic E-state index is 12.9. The number of nitrogens with zero attached hydrogens (tertiary/aromatic N) is 6. The molecule has 1 atom stereocenters. The quantitative estimate of drug-likeness (QED) is 0.534. The Morgan fingerprint density at radius 1 is 1.28 bits per heavy atom. The van der Waals surface area contributed by atoms with Gasteiger partial charge in [0.05, 0.1) is 12.5 Å². The van der Waals surface area contributed by atoms with Gasteiger partial charge >= 0.3 is 5.97 Å². The predicted molar refractivity (Wildman–Crippen MR) is 114 cm³/mol. The molecule has 1 N–H and O–H groups in total. The number of rotatable bonds is 4. The average molecular weight is 444 g/mol. The second kappa shape index (κ2) is 9.86. The van der Waals surface area contributed by atoms with Crippen molar-refractivity contribution >= 4 is 18.3 Å². The molecule has 1 unspecified atom stereocenters. The summed E-state index contributed by atoms with van der Waals surface area (Å²) in [5, 5.41) is 18.9.